The Morgan fingerprint density at radius 2 is 2.08 bits per heavy atom. The normalized spacial score (nSPS) is 12.3. The van der Waals surface area contributed by atoms with Crippen molar-refractivity contribution in [2.24, 2.45) is 0 Å². The van der Waals surface area contributed by atoms with Crippen LogP contribution < -0.4 is 4.72 Å². The van der Waals surface area contributed by atoms with Gasteiger partial charge < -0.3 is 0 Å². The molecule has 0 spiro atoms. The molecule has 0 aliphatic heterocycles. The van der Waals surface area contributed by atoms with Crippen LogP contribution in [0.4, 0.5) is 5.69 Å². The van der Waals surface area contributed by atoms with Gasteiger partial charge >= 0.3 is 0 Å². The van der Waals surface area contributed by atoms with Gasteiger partial charge in [-0.15, -0.1) is 0 Å². The first kappa shape index (κ1) is 18.1. The molecule has 0 unspecified atom stereocenters. The van der Waals surface area contributed by atoms with E-state index in [9.17, 15) is 8.42 Å². The van der Waals surface area contributed by atoms with E-state index in [1.165, 1.54) is 6.33 Å². The third kappa shape index (κ3) is 3.75. The molecule has 0 radical (unpaired) electrons. The molecule has 2 heterocycles. The quantitative estimate of drug-likeness (QED) is 0.744. The van der Waals surface area contributed by atoms with Gasteiger partial charge in [0.05, 0.1) is 16.6 Å². The molecule has 7 nitrogen and oxygen atoms in total. The number of nitrogens with one attached hydrogen (secondary N) is 1. The molecule has 0 aliphatic rings. The van der Waals surface area contributed by atoms with Crippen LogP contribution in [0.3, 0.4) is 0 Å². The summed E-state index contributed by atoms with van der Waals surface area (Å²) in [6, 6.07) is 7.21. The van der Waals surface area contributed by atoms with Crippen molar-refractivity contribution in [1.82, 2.24) is 19.7 Å². The van der Waals surface area contributed by atoms with Crippen LogP contribution in [0, 0.1) is 0 Å². The Kier molecular flexibility index (Phi) is 4.53. The van der Waals surface area contributed by atoms with Crippen LogP contribution in [0.25, 0.3) is 11.0 Å². The summed E-state index contributed by atoms with van der Waals surface area (Å²) in [5.41, 5.74) is 2.83. The van der Waals surface area contributed by atoms with Crippen LogP contribution in [0.5, 0.6) is 0 Å². The third-order valence-corrected chi connectivity index (χ3v) is 4.80. The van der Waals surface area contributed by atoms with Gasteiger partial charge in [0.15, 0.2) is 5.65 Å². The number of sulfonamides is 1. The van der Waals surface area contributed by atoms with E-state index < -0.39 is 10.0 Å². The summed E-state index contributed by atoms with van der Waals surface area (Å²) in [6.07, 6.45) is 3.81. The Morgan fingerprint density at radius 3 is 2.77 bits per heavy atom. The molecule has 2 aromatic heterocycles. The van der Waals surface area contributed by atoms with Crippen molar-refractivity contribution in [1.29, 1.82) is 0 Å². The fourth-order valence-electron chi connectivity index (χ4n) is 2.66. The van der Waals surface area contributed by atoms with Gasteiger partial charge in [0, 0.05) is 23.7 Å². The second-order valence-electron chi connectivity index (χ2n) is 6.98. The van der Waals surface area contributed by atoms with Gasteiger partial charge in [-0.1, -0.05) is 18.7 Å². The van der Waals surface area contributed by atoms with Crippen LogP contribution in [-0.2, 0) is 22.0 Å². The van der Waals surface area contributed by atoms with E-state index in [0.29, 0.717) is 12.1 Å². The molecule has 0 bridgehead atoms. The van der Waals surface area contributed by atoms with E-state index in [1.54, 1.807) is 24.4 Å². The number of nitrogens with zero attached hydrogens (tertiary/aromatic N) is 4. The van der Waals surface area contributed by atoms with E-state index >= 15 is 0 Å². The highest BCUT2D eigenvalue weighted by atomic mass is 32.2. The standard InChI is InChI=1S/C18H21N5O2S/c1-5-26(24,25)22-14-8-6-7-13(9-14)10-16-15-11-19-12-20-17(15)23(21-16)18(2,3)4/h5-9,11-12,22H,1,10H2,2-4H3. The Hall–Kier alpha value is -2.74. The van der Waals surface area contributed by atoms with E-state index in [4.69, 9.17) is 5.10 Å². The number of anilines is 1. The molecule has 1 N–H and O–H groups in total. The average Bonchev–Trinajstić information content (AvgIpc) is 2.94. The molecule has 0 atom stereocenters. The third-order valence-electron chi connectivity index (χ3n) is 3.84. The molecule has 0 saturated heterocycles. The van der Waals surface area contributed by atoms with Crippen LogP contribution >= 0.6 is 0 Å². The molecule has 0 fully saturated rings. The molecule has 0 saturated carbocycles. The minimum Gasteiger partial charge on any atom is -0.280 e. The highest BCUT2D eigenvalue weighted by Gasteiger charge is 2.21. The highest BCUT2D eigenvalue weighted by molar-refractivity contribution is 7.95. The maximum atomic E-state index is 11.7. The van der Waals surface area contributed by atoms with Crippen molar-refractivity contribution >= 4 is 26.7 Å². The second-order valence-corrected chi connectivity index (χ2v) is 8.61. The summed E-state index contributed by atoms with van der Waals surface area (Å²) < 4.78 is 27.7. The number of aromatic nitrogens is 4. The van der Waals surface area contributed by atoms with E-state index in [0.717, 1.165) is 27.7 Å². The number of hydrogen-bond acceptors (Lipinski definition) is 5. The lowest BCUT2D eigenvalue weighted by atomic mass is 10.1. The lowest BCUT2D eigenvalue weighted by Gasteiger charge is -2.19. The fourth-order valence-corrected chi connectivity index (χ4v) is 3.20. The van der Waals surface area contributed by atoms with Gasteiger partial charge in [0.2, 0.25) is 0 Å². The maximum Gasteiger partial charge on any atom is 0.254 e. The predicted octanol–water partition coefficient (Wildman–Crippen LogP) is 3.06. The highest BCUT2D eigenvalue weighted by Crippen LogP contribution is 2.25. The van der Waals surface area contributed by atoms with Gasteiger partial charge in [-0.05, 0) is 38.5 Å². The summed E-state index contributed by atoms with van der Waals surface area (Å²) in [4.78, 5) is 8.49. The summed E-state index contributed by atoms with van der Waals surface area (Å²) >= 11 is 0. The first-order chi connectivity index (χ1) is 12.2. The van der Waals surface area contributed by atoms with Crippen molar-refractivity contribution in [3.05, 3.63) is 60.0 Å². The van der Waals surface area contributed by atoms with Crippen molar-refractivity contribution in [3.63, 3.8) is 0 Å². The molecule has 0 aliphatic carbocycles. The number of hydrogen-bond donors (Lipinski definition) is 1. The summed E-state index contributed by atoms with van der Waals surface area (Å²) in [5, 5.41) is 6.51. The van der Waals surface area contributed by atoms with Crippen molar-refractivity contribution in [2.45, 2.75) is 32.7 Å². The van der Waals surface area contributed by atoms with E-state index in [-0.39, 0.29) is 5.54 Å². The zero-order chi connectivity index (χ0) is 18.9. The first-order valence-corrected chi connectivity index (χ1v) is 9.66. The van der Waals surface area contributed by atoms with Gasteiger partial charge in [-0.25, -0.2) is 23.1 Å². The fraction of sp³-hybridized carbons (Fsp3) is 0.278. The largest absolute Gasteiger partial charge is 0.280 e. The molecule has 3 aromatic rings. The Morgan fingerprint density at radius 1 is 1.31 bits per heavy atom. The Labute approximate surface area is 152 Å². The molecular formula is C18H21N5O2S. The van der Waals surface area contributed by atoms with Crippen LogP contribution in [-0.4, -0.2) is 28.2 Å². The monoisotopic (exact) mass is 371 g/mol. The minimum atomic E-state index is -3.54. The summed E-state index contributed by atoms with van der Waals surface area (Å²) in [5.74, 6) is 0. The molecular weight excluding hydrogens is 350 g/mol. The Balaban J connectivity index is 1.99. The second kappa shape index (κ2) is 6.53. The average molecular weight is 371 g/mol. The number of rotatable bonds is 5. The Bertz CT molecular complexity index is 1060. The molecule has 8 heteroatoms. The van der Waals surface area contributed by atoms with Crippen molar-refractivity contribution in [2.75, 3.05) is 4.72 Å². The number of benzene rings is 1. The molecule has 0 amide bonds. The lowest BCUT2D eigenvalue weighted by Crippen LogP contribution is -2.23. The molecule has 3 rings (SSSR count). The molecule has 1 aromatic carbocycles. The smallest absolute Gasteiger partial charge is 0.254 e. The van der Waals surface area contributed by atoms with Gasteiger partial charge in [0.25, 0.3) is 10.0 Å². The van der Waals surface area contributed by atoms with Gasteiger partial charge in [0.1, 0.15) is 6.33 Å². The topological polar surface area (TPSA) is 89.8 Å². The maximum absolute atomic E-state index is 11.7. The van der Waals surface area contributed by atoms with Crippen LogP contribution in [0.15, 0.2) is 48.8 Å². The molecule has 26 heavy (non-hydrogen) atoms. The van der Waals surface area contributed by atoms with Crippen LogP contribution in [0.2, 0.25) is 0 Å². The zero-order valence-corrected chi connectivity index (χ0v) is 15.8. The van der Waals surface area contributed by atoms with Crippen molar-refractivity contribution in [3.8, 4) is 0 Å². The first-order valence-electron chi connectivity index (χ1n) is 8.12. The molecule has 136 valence electrons. The van der Waals surface area contributed by atoms with Gasteiger partial charge in [-0.2, -0.15) is 5.10 Å². The number of fused-ring (bicyclic) bond motifs is 1. The van der Waals surface area contributed by atoms with Crippen LogP contribution in [0.1, 0.15) is 32.0 Å². The lowest BCUT2D eigenvalue weighted by molar-refractivity contribution is 0.363. The van der Waals surface area contributed by atoms with E-state index in [1.807, 2.05) is 10.7 Å². The minimum absolute atomic E-state index is 0.216. The van der Waals surface area contributed by atoms with Crippen molar-refractivity contribution < 1.29 is 8.42 Å². The SMILES string of the molecule is C=CS(=O)(=O)Nc1cccc(Cc2nn(C(C)(C)C)c3ncncc23)c1. The summed E-state index contributed by atoms with van der Waals surface area (Å²) in [6.45, 7) is 9.50. The zero-order valence-electron chi connectivity index (χ0n) is 15.0. The van der Waals surface area contributed by atoms with Gasteiger partial charge in [-0.3, -0.25) is 4.72 Å². The van der Waals surface area contributed by atoms with E-state index in [2.05, 4.69) is 42.0 Å². The summed E-state index contributed by atoms with van der Waals surface area (Å²) in [7, 11) is -3.54. The predicted molar refractivity (Wildman–Crippen MR) is 102 cm³/mol.